The summed E-state index contributed by atoms with van der Waals surface area (Å²) in [4.78, 5) is 0. The van der Waals surface area contributed by atoms with Crippen LogP contribution in [0.4, 0.5) is 0 Å². The third-order valence-electron chi connectivity index (χ3n) is 3.48. The highest BCUT2D eigenvalue weighted by Gasteiger charge is 2.62. The molecule has 2 heterocycles. The monoisotopic (exact) mass is 200 g/mol. The molecular weight excluding hydrogens is 187 g/mol. The molecule has 2 aliphatic heterocycles. The highest BCUT2D eigenvalue weighted by atomic mass is 32.2. The number of rotatable bonds is 1. The predicted molar refractivity (Wildman–Crippen MR) is 50.4 cm³/mol. The second-order valence-corrected chi connectivity index (χ2v) is 6.22. The third-order valence-corrected chi connectivity index (χ3v) is 5.87. The zero-order valence-electron chi connectivity index (χ0n) is 7.86. The van der Waals surface area contributed by atoms with Crippen LogP contribution in [0.1, 0.15) is 20.3 Å². The molecule has 0 amide bonds. The molecule has 1 unspecified atom stereocenters. The Balaban J connectivity index is 2.47. The summed E-state index contributed by atoms with van der Waals surface area (Å²) < 4.78 is 28.8. The van der Waals surface area contributed by atoms with Crippen molar-refractivity contribution in [3.05, 3.63) is 0 Å². The third kappa shape index (κ3) is 1.03. The van der Waals surface area contributed by atoms with Crippen molar-refractivity contribution in [1.29, 1.82) is 0 Å². The fourth-order valence-corrected chi connectivity index (χ4v) is 5.40. The van der Waals surface area contributed by atoms with Gasteiger partial charge in [0.05, 0.1) is 16.6 Å². The van der Waals surface area contributed by atoms with Crippen LogP contribution >= 0.6 is 0 Å². The van der Waals surface area contributed by atoms with Crippen LogP contribution in [0.25, 0.3) is 0 Å². The van der Waals surface area contributed by atoms with E-state index in [2.05, 4.69) is 0 Å². The van der Waals surface area contributed by atoms with Crippen LogP contribution < -0.4 is 0 Å². The molecular formula is C8H13BO3S. The van der Waals surface area contributed by atoms with E-state index in [1.807, 2.05) is 13.8 Å². The van der Waals surface area contributed by atoms with Gasteiger partial charge in [-0.3, -0.25) is 0 Å². The summed E-state index contributed by atoms with van der Waals surface area (Å²) in [6.07, 6.45) is 0.720. The average Bonchev–Trinajstić information content (AvgIpc) is 2.33. The number of ether oxygens (including phenoxy) is 1. The molecule has 0 saturated carbocycles. The minimum absolute atomic E-state index is 0.0394. The minimum atomic E-state index is -3.01. The van der Waals surface area contributed by atoms with Crippen LogP contribution in [0.3, 0.4) is 0 Å². The summed E-state index contributed by atoms with van der Waals surface area (Å²) in [6, 6.07) is -0.617. The molecule has 3 nitrogen and oxygen atoms in total. The Kier molecular flexibility index (Phi) is 1.84. The summed E-state index contributed by atoms with van der Waals surface area (Å²) in [6.45, 7) is 3.87. The molecule has 2 aliphatic rings. The lowest BCUT2D eigenvalue weighted by Gasteiger charge is -2.29. The first-order valence-electron chi connectivity index (χ1n) is 4.58. The number of hydrogen-bond acceptors (Lipinski definition) is 3. The standard InChI is InChI=1S/C8H13BO3S/c1-3-8-4-13(10,11)6(5(8)2)7(9)12-8/h5-7H,3-4H2,1-2H3/t5-,6?,7+,8+/m0/s1. The van der Waals surface area contributed by atoms with Gasteiger partial charge in [-0.1, -0.05) is 13.8 Å². The van der Waals surface area contributed by atoms with Crippen molar-refractivity contribution in [1.82, 2.24) is 0 Å². The Morgan fingerprint density at radius 2 is 2.23 bits per heavy atom. The fourth-order valence-electron chi connectivity index (χ4n) is 2.65. The van der Waals surface area contributed by atoms with Crippen LogP contribution in [-0.4, -0.2) is 38.9 Å². The van der Waals surface area contributed by atoms with Crippen LogP contribution in [0, 0.1) is 5.92 Å². The Bertz CT molecular complexity index is 326. The zero-order valence-corrected chi connectivity index (χ0v) is 8.67. The number of hydrogen-bond donors (Lipinski definition) is 0. The summed E-state index contributed by atoms with van der Waals surface area (Å²) in [5, 5.41) is -0.479. The quantitative estimate of drug-likeness (QED) is 0.563. The van der Waals surface area contributed by atoms with Gasteiger partial charge in [0.2, 0.25) is 0 Å². The summed E-state index contributed by atoms with van der Waals surface area (Å²) in [5.74, 6) is 0.188. The van der Waals surface area contributed by atoms with Gasteiger partial charge in [-0.25, -0.2) is 8.42 Å². The van der Waals surface area contributed by atoms with E-state index in [0.717, 1.165) is 6.42 Å². The number of fused-ring (bicyclic) bond motifs is 2. The van der Waals surface area contributed by atoms with Gasteiger partial charge in [-0.15, -0.1) is 0 Å². The van der Waals surface area contributed by atoms with E-state index >= 15 is 0 Å². The van der Waals surface area contributed by atoms with Crippen LogP contribution in [0.2, 0.25) is 0 Å². The molecule has 2 radical (unpaired) electrons. The molecule has 0 aromatic heterocycles. The van der Waals surface area contributed by atoms with E-state index in [9.17, 15) is 8.42 Å². The minimum Gasteiger partial charge on any atom is -0.379 e. The van der Waals surface area contributed by atoms with Crippen molar-refractivity contribution >= 4 is 17.7 Å². The Morgan fingerprint density at radius 3 is 2.54 bits per heavy atom. The lowest BCUT2D eigenvalue weighted by molar-refractivity contribution is -0.0170. The molecule has 2 rings (SSSR count). The summed E-state index contributed by atoms with van der Waals surface area (Å²) in [7, 11) is 2.64. The van der Waals surface area contributed by atoms with E-state index < -0.39 is 26.7 Å². The van der Waals surface area contributed by atoms with Gasteiger partial charge in [0.25, 0.3) is 0 Å². The maximum atomic E-state index is 11.6. The Morgan fingerprint density at radius 1 is 1.62 bits per heavy atom. The molecule has 2 bridgehead atoms. The summed E-state index contributed by atoms with van der Waals surface area (Å²) >= 11 is 0. The maximum Gasteiger partial charge on any atom is 0.158 e. The first-order valence-corrected chi connectivity index (χ1v) is 6.29. The normalized spacial score (nSPS) is 52.6. The van der Waals surface area contributed by atoms with Gasteiger partial charge in [0, 0.05) is 11.9 Å². The van der Waals surface area contributed by atoms with E-state index in [-0.39, 0.29) is 11.7 Å². The average molecular weight is 200 g/mol. The molecule has 4 atom stereocenters. The molecule has 0 aliphatic carbocycles. The lowest BCUT2D eigenvalue weighted by Crippen LogP contribution is -2.41. The van der Waals surface area contributed by atoms with Gasteiger partial charge in [0.15, 0.2) is 9.84 Å². The Hall–Kier alpha value is -0.0251. The molecule has 0 spiro atoms. The van der Waals surface area contributed by atoms with E-state index in [1.54, 1.807) is 0 Å². The fraction of sp³-hybridized carbons (Fsp3) is 1.00. The van der Waals surface area contributed by atoms with Gasteiger partial charge in [0.1, 0.15) is 7.85 Å². The van der Waals surface area contributed by atoms with Crippen molar-refractivity contribution in [3.8, 4) is 0 Å². The van der Waals surface area contributed by atoms with Crippen molar-refractivity contribution in [2.24, 2.45) is 5.92 Å². The topological polar surface area (TPSA) is 43.4 Å². The van der Waals surface area contributed by atoms with Crippen molar-refractivity contribution in [2.75, 3.05) is 5.75 Å². The van der Waals surface area contributed by atoms with Crippen LogP contribution in [0.15, 0.2) is 0 Å². The Labute approximate surface area is 80.2 Å². The molecule has 13 heavy (non-hydrogen) atoms. The van der Waals surface area contributed by atoms with Gasteiger partial charge < -0.3 is 4.74 Å². The second kappa shape index (κ2) is 2.51. The van der Waals surface area contributed by atoms with Crippen molar-refractivity contribution in [3.63, 3.8) is 0 Å². The van der Waals surface area contributed by atoms with E-state index in [0.29, 0.717) is 0 Å². The predicted octanol–water partition coefficient (Wildman–Crippen LogP) is 0.0931. The molecule has 0 aromatic carbocycles. The molecule has 72 valence electrons. The van der Waals surface area contributed by atoms with Gasteiger partial charge >= 0.3 is 0 Å². The number of sulfone groups is 1. The lowest BCUT2D eigenvalue weighted by atomic mass is 9.85. The van der Waals surface area contributed by atoms with Crippen molar-refractivity contribution < 1.29 is 13.2 Å². The maximum absolute atomic E-state index is 11.6. The van der Waals surface area contributed by atoms with Crippen LogP contribution in [0.5, 0.6) is 0 Å². The molecule has 2 fully saturated rings. The van der Waals surface area contributed by atoms with E-state index in [1.165, 1.54) is 0 Å². The van der Waals surface area contributed by atoms with Crippen LogP contribution in [-0.2, 0) is 14.6 Å². The highest BCUT2D eigenvalue weighted by molar-refractivity contribution is 7.92. The SMILES string of the molecule is [B][C@@H]1O[C@]2(CC)CS(=O)(=O)C1[C@@H]2C. The van der Waals surface area contributed by atoms with Gasteiger partial charge in [-0.05, 0) is 6.42 Å². The zero-order chi connectivity index (χ0) is 9.85. The smallest absolute Gasteiger partial charge is 0.158 e. The second-order valence-electron chi connectivity index (χ2n) is 4.06. The summed E-state index contributed by atoms with van der Waals surface area (Å²) in [5.41, 5.74) is -0.497. The molecule has 0 aromatic rings. The molecule has 5 heteroatoms. The van der Waals surface area contributed by atoms with Gasteiger partial charge in [-0.2, -0.15) is 0 Å². The first-order chi connectivity index (χ1) is 5.93. The first kappa shape index (κ1) is 9.53. The highest BCUT2D eigenvalue weighted by Crippen LogP contribution is 2.48. The van der Waals surface area contributed by atoms with Crippen molar-refractivity contribution in [2.45, 2.75) is 37.1 Å². The van der Waals surface area contributed by atoms with E-state index in [4.69, 9.17) is 12.6 Å². The largest absolute Gasteiger partial charge is 0.379 e. The molecule has 2 saturated heterocycles. The molecule has 0 N–H and O–H groups in total.